The molecule has 0 fully saturated rings. The van der Waals surface area contributed by atoms with E-state index in [1.165, 1.54) is 0 Å². The smallest absolute Gasteiger partial charge is 0.192 e. The van der Waals surface area contributed by atoms with Crippen molar-refractivity contribution in [3.63, 3.8) is 0 Å². The molecule has 0 bridgehead atoms. The van der Waals surface area contributed by atoms with E-state index in [0.717, 1.165) is 5.57 Å². The summed E-state index contributed by atoms with van der Waals surface area (Å²) in [6.45, 7) is 2.41. The van der Waals surface area contributed by atoms with Gasteiger partial charge in [-0.3, -0.25) is 0 Å². The number of allylic oxidation sites excluding steroid dienone is 2. The third-order valence-electron chi connectivity index (χ3n) is 1.60. The molecule has 64 valence electrons. The second kappa shape index (κ2) is 4.39. The molecule has 3 nitrogen and oxygen atoms in total. The van der Waals surface area contributed by atoms with Crippen molar-refractivity contribution >= 4 is 11.3 Å². The normalized spacial score (nSPS) is 8.54. The summed E-state index contributed by atoms with van der Waals surface area (Å²) in [5, 5.41) is 19.1. The molecule has 0 amide bonds. The van der Waals surface area contributed by atoms with Crippen molar-refractivity contribution < 1.29 is 4.57 Å². The first kappa shape index (κ1) is 9.44. The average molecular weight is 190 g/mol. The number of thiazole rings is 1. The average Bonchev–Trinajstić information content (AvgIpc) is 2.59. The van der Waals surface area contributed by atoms with Gasteiger partial charge in [0.15, 0.2) is 12.7 Å². The summed E-state index contributed by atoms with van der Waals surface area (Å²) >= 11 is 1.58. The van der Waals surface area contributed by atoms with Crippen LogP contribution >= 0.6 is 11.3 Å². The van der Waals surface area contributed by atoms with Crippen LogP contribution < -0.4 is 4.57 Å². The molecule has 0 aliphatic carbocycles. The van der Waals surface area contributed by atoms with Crippen LogP contribution in [-0.4, -0.2) is 0 Å². The Hall–Kier alpha value is -1.65. The van der Waals surface area contributed by atoms with E-state index in [9.17, 15) is 0 Å². The summed E-state index contributed by atoms with van der Waals surface area (Å²) in [5.74, 6) is 0. The number of rotatable bonds is 2. The molecule has 0 radical (unpaired) electrons. The maximum atomic E-state index is 8.59. The van der Waals surface area contributed by atoms with Crippen LogP contribution in [0.15, 0.2) is 28.2 Å². The van der Waals surface area contributed by atoms with E-state index < -0.39 is 0 Å². The van der Waals surface area contributed by atoms with Crippen LogP contribution in [0.4, 0.5) is 0 Å². The molecule has 0 aromatic carbocycles. The first-order valence-electron chi connectivity index (χ1n) is 3.69. The Balaban J connectivity index is 2.83. The van der Waals surface area contributed by atoms with Gasteiger partial charge in [-0.1, -0.05) is 11.3 Å². The van der Waals surface area contributed by atoms with E-state index in [4.69, 9.17) is 10.5 Å². The minimum absolute atomic E-state index is 0.207. The Morgan fingerprint density at radius 3 is 2.62 bits per heavy atom. The number of nitrogens with zero attached hydrogens (tertiary/aromatic N) is 3. The van der Waals surface area contributed by atoms with Crippen LogP contribution in [-0.2, 0) is 6.54 Å². The zero-order chi connectivity index (χ0) is 9.68. The molecule has 0 saturated heterocycles. The maximum absolute atomic E-state index is 8.59. The maximum Gasteiger partial charge on any atom is 0.224 e. The van der Waals surface area contributed by atoms with E-state index in [0.29, 0.717) is 6.54 Å². The summed E-state index contributed by atoms with van der Waals surface area (Å²) in [5.41, 5.74) is 2.95. The summed E-state index contributed by atoms with van der Waals surface area (Å²) in [6.07, 6.45) is 1.92. The highest BCUT2D eigenvalue weighted by Crippen LogP contribution is 2.02. The molecular weight excluding hydrogens is 182 g/mol. The van der Waals surface area contributed by atoms with Gasteiger partial charge in [0.25, 0.3) is 0 Å². The van der Waals surface area contributed by atoms with Crippen molar-refractivity contribution in [1.29, 1.82) is 10.5 Å². The van der Waals surface area contributed by atoms with E-state index in [2.05, 4.69) is 0 Å². The Morgan fingerprint density at radius 2 is 2.15 bits per heavy atom. The van der Waals surface area contributed by atoms with E-state index in [1.807, 2.05) is 33.8 Å². The van der Waals surface area contributed by atoms with Gasteiger partial charge >= 0.3 is 0 Å². The molecule has 0 saturated carbocycles. The second-order valence-electron chi connectivity index (χ2n) is 2.58. The molecule has 4 heteroatoms. The van der Waals surface area contributed by atoms with Crippen molar-refractivity contribution in [2.75, 3.05) is 0 Å². The summed E-state index contributed by atoms with van der Waals surface area (Å²) in [6, 6.07) is 3.75. The third-order valence-corrected chi connectivity index (χ3v) is 2.27. The van der Waals surface area contributed by atoms with Crippen LogP contribution in [0.1, 0.15) is 6.92 Å². The molecular formula is C9H8N3S+. The van der Waals surface area contributed by atoms with Crippen molar-refractivity contribution in [3.05, 3.63) is 28.2 Å². The van der Waals surface area contributed by atoms with Gasteiger partial charge < -0.3 is 0 Å². The van der Waals surface area contributed by atoms with Crippen molar-refractivity contribution in [2.24, 2.45) is 0 Å². The lowest BCUT2D eigenvalue weighted by molar-refractivity contribution is -0.684. The van der Waals surface area contributed by atoms with Crippen molar-refractivity contribution in [3.8, 4) is 12.1 Å². The monoisotopic (exact) mass is 190 g/mol. The third kappa shape index (κ3) is 2.40. The lowest BCUT2D eigenvalue weighted by Crippen LogP contribution is -2.30. The molecule has 0 aliphatic rings. The van der Waals surface area contributed by atoms with Crippen LogP contribution in [0.3, 0.4) is 0 Å². The quantitative estimate of drug-likeness (QED) is 0.523. The van der Waals surface area contributed by atoms with E-state index in [1.54, 1.807) is 18.3 Å². The molecule has 0 unspecified atom stereocenters. The predicted octanol–water partition coefficient (Wildman–Crippen LogP) is 1.40. The molecule has 1 aromatic heterocycles. The van der Waals surface area contributed by atoms with Gasteiger partial charge in [-0.15, -0.1) is 0 Å². The van der Waals surface area contributed by atoms with Crippen LogP contribution in [0, 0.1) is 22.7 Å². The van der Waals surface area contributed by atoms with Crippen LogP contribution in [0.25, 0.3) is 0 Å². The molecule has 1 heterocycles. The standard InChI is InChI=1S/C9H8N3S/c1-8(9(4-10)5-11)6-12-2-3-13-7-12/h2-3,7H,6H2,1H3/q+1. The van der Waals surface area contributed by atoms with Crippen LogP contribution in [0.5, 0.6) is 0 Å². The highest BCUT2D eigenvalue weighted by molar-refractivity contribution is 7.07. The molecule has 0 N–H and O–H groups in total. The fourth-order valence-corrected chi connectivity index (χ4v) is 1.52. The Kier molecular flexibility index (Phi) is 3.19. The van der Waals surface area contributed by atoms with Gasteiger partial charge in [0.2, 0.25) is 5.51 Å². The predicted molar refractivity (Wildman–Crippen MR) is 48.4 cm³/mol. The molecule has 13 heavy (non-hydrogen) atoms. The lowest BCUT2D eigenvalue weighted by atomic mass is 10.1. The van der Waals surface area contributed by atoms with E-state index >= 15 is 0 Å². The number of hydrogen-bond acceptors (Lipinski definition) is 3. The second-order valence-corrected chi connectivity index (χ2v) is 3.33. The van der Waals surface area contributed by atoms with Gasteiger partial charge in [0, 0.05) is 5.57 Å². The summed E-state index contributed by atoms with van der Waals surface area (Å²) in [7, 11) is 0. The highest BCUT2D eigenvalue weighted by Gasteiger charge is 2.06. The largest absolute Gasteiger partial charge is 0.224 e. The summed E-state index contributed by atoms with van der Waals surface area (Å²) in [4.78, 5) is 0. The molecule has 0 spiro atoms. The number of hydrogen-bond donors (Lipinski definition) is 0. The fraction of sp³-hybridized carbons (Fsp3) is 0.222. The SMILES string of the molecule is CC(C[n+]1ccsc1)=C(C#N)C#N. The van der Waals surface area contributed by atoms with Gasteiger partial charge in [-0.2, -0.15) is 15.1 Å². The highest BCUT2D eigenvalue weighted by atomic mass is 32.1. The van der Waals surface area contributed by atoms with Crippen molar-refractivity contribution in [2.45, 2.75) is 13.5 Å². The Morgan fingerprint density at radius 1 is 1.46 bits per heavy atom. The minimum Gasteiger partial charge on any atom is -0.192 e. The zero-order valence-corrected chi connectivity index (χ0v) is 8.01. The number of nitriles is 2. The van der Waals surface area contributed by atoms with Gasteiger partial charge in [-0.25, -0.2) is 0 Å². The first-order chi connectivity index (χ1) is 6.27. The summed E-state index contributed by atoms with van der Waals surface area (Å²) < 4.78 is 1.94. The lowest BCUT2D eigenvalue weighted by Gasteiger charge is -1.92. The number of aromatic nitrogens is 1. The van der Waals surface area contributed by atoms with E-state index in [-0.39, 0.29) is 5.57 Å². The molecule has 0 aliphatic heterocycles. The first-order valence-corrected chi connectivity index (χ1v) is 4.63. The van der Waals surface area contributed by atoms with Gasteiger partial charge in [0.1, 0.15) is 17.7 Å². The minimum atomic E-state index is 0.207. The Labute approximate surface area is 80.8 Å². The Bertz CT molecular complexity index is 373. The van der Waals surface area contributed by atoms with Gasteiger partial charge in [0.05, 0.1) is 5.38 Å². The van der Waals surface area contributed by atoms with Crippen LogP contribution in [0.2, 0.25) is 0 Å². The molecule has 1 aromatic rings. The zero-order valence-electron chi connectivity index (χ0n) is 7.19. The van der Waals surface area contributed by atoms with Crippen molar-refractivity contribution in [1.82, 2.24) is 0 Å². The molecule has 1 rings (SSSR count). The molecule has 0 atom stereocenters. The van der Waals surface area contributed by atoms with Gasteiger partial charge in [-0.05, 0) is 6.92 Å². The fourth-order valence-electron chi connectivity index (χ4n) is 0.920. The topological polar surface area (TPSA) is 51.5 Å².